The molecule has 0 radical (unpaired) electrons. The predicted molar refractivity (Wildman–Crippen MR) is 128 cm³/mol. The number of nitrogens with one attached hydrogen (secondary N) is 2. The smallest absolute Gasteiger partial charge is 0.257 e. The molecule has 5 nitrogen and oxygen atoms in total. The molecule has 0 fully saturated rings. The lowest BCUT2D eigenvalue weighted by atomic mass is 10.0. The number of carbonyl (C=O) groups is 1. The second kappa shape index (κ2) is 11.1. The van der Waals surface area contributed by atoms with E-state index in [0.717, 1.165) is 5.75 Å². The fourth-order valence-electron chi connectivity index (χ4n) is 2.87. The summed E-state index contributed by atoms with van der Waals surface area (Å²) < 4.78 is 11.5. The minimum Gasteiger partial charge on any atom is -0.490 e. The molecule has 0 aliphatic rings. The van der Waals surface area contributed by atoms with Crippen molar-refractivity contribution in [1.29, 1.82) is 0 Å². The Balaban J connectivity index is 1.52. The summed E-state index contributed by atoms with van der Waals surface area (Å²) in [4.78, 5) is 12.5. The number of amides is 1. The van der Waals surface area contributed by atoms with Gasteiger partial charge in [0.15, 0.2) is 5.11 Å². The monoisotopic (exact) mass is 434 g/mol. The highest BCUT2D eigenvalue weighted by atomic mass is 32.1. The molecule has 3 rings (SSSR count). The molecule has 3 aromatic carbocycles. The molecule has 6 heteroatoms. The van der Waals surface area contributed by atoms with Crippen LogP contribution in [0.3, 0.4) is 0 Å². The fraction of sp³-hybridized carbons (Fsp3) is 0.200. The fourth-order valence-corrected chi connectivity index (χ4v) is 3.07. The molecule has 1 amide bonds. The maximum absolute atomic E-state index is 12.5. The Bertz CT molecular complexity index is 1000. The minimum absolute atomic E-state index is 0.203. The number of hydrogen-bond donors (Lipinski definition) is 2. The predicted octanol–water partition coefficient (Wildman–Crippen LogP) is 5.39. The summed E-state index contributed by atoms with van der Waals surface area (Å²) in [7, 11) is 0. The van der Waals surface area contributed by atoms with Gasteiger partial charge in [0.2, 0.25) is 0 Å². The van der Waals surface area contributed by atoms with Gasteiger partial charge >= 0.3 is 0 Å². The maximum atomic E-state index is 12.5. The highest BCUT2D eigenvalue weighted by Crippen LogP contribution is 2.23. The van der Waals surface area contributed by atoms with Crippen molar-refractivity contribution in [2.45, 2.75) is 19.8 Å². The van der Waals surface area contributed by atoms with Crippen LogP contribution in [-0.4, -0.2) is 24.2 Å². The van der Waals surface area contributed by atoms with Gasteiger partial charge in [0.05, 0.1) is 5.69 Å². The van der Waals surface area contributed by atoms with E-state index in [9.17, 15) is 4.79 Å². The van der Waals surface area contributed by atoms with Crippen LogP contribution >= 0.6 is 12.2 Å². The first kappa shape index (κ1) is 22.3. The van der Waals surface area contributed by atoms with Crippen LogP contribution in [0.25, 0.3) is 0 Å². The standard InChI is InChI=1S/C25H26N2O3S/c1-18(2)19-12-14-20(15-13-19)24(28)27-25(31)26-22-10-6-7-11-23(22)30-17-16-29-21-8-4-3-5-9-21/h3-15,18H,16-17H2,1-2H3,(H2,26,27,28,31). The second-order valence-corrected chi connectivity index (χ2v) is 7.60. The number of benzene rings is 3. The summed E-state index contributed by atoms with van der Waals surface area (Å²) in [5.41, 5.74) is 2.40. The van der Waals surface area contributed by atoms with E-state index in [4.69, 9.17) is 21.7 Å². The maximum Gasteiger partial charge on any atom is 0.257 e. The van der Waals surface area contributed by atoms with Gasteiger partial charge in [0, 0.05) is 5.56 Å². The molecule has 0 saturated carbocycles. The zero-order valence-electron chi connectivity index (χ0n) is 17.6. The van der Waals surface area contributed by atoms with Crippen LogP contribution in [-0.2, 0) is 0 Å². The van der Waals surface area contributed by atoms with E-state index in [1.807, 2.05) is 66.7 Å². The number of rotatable bonds is 8. The quantitative estimate of drug-likeness (QED) is 0.367. The van der Waals surface area contributed by atoms with E-state index < -0.39 is 0 Å². The molecule has 0 unspecified atom stereocenters. The van der Waals surface area contributed by atoms with E-state index in [1.165, 1.54) is 5.56 Å². The Hall–Kier alpha value is -3.38. The summed E-state index contributed by atoms with van der Waals surface area (Å²) >= 11 is 5.32. The van der Waals surface area contributed by atoms with E-state index >= 15 is 0 Å². The molecule has 0 atom stereocenters. The van der Waals surface area contributed by atoms with Crippen LogP contribution in [0.15, 0.2) is 78.9 Å². The van der Waals surface area contributed by atoms with Crippen LogP contribution in [0.5, 0.6) is 11.5 Å². The number of anilines is 1. The molecule has 160 valence electrons. The van der Waals surface area contributed by atoms with Gasteiger partial charge in [-0.2, -0.15) is 0 Å². The SMILES string of the molecule is CC(C)c1ccc(C(=O)NC(=S)Nc2ccccc2OCCOc2ccccc2)cc1. The zero-order chi connectivity index (χ0) is 22.1. The Kier molecular flexibility index (Phi) is 8.01. The third-order valence-corrected chi connectivity index (χ3v) is 4.76. The molecule has 0 aliphatic carbocycles. The zero-order valence-corrected chi connectivity index (χ0v) is 18.4. The molecular weight excluding hydrogens is 408 g/mol. The molecule has 0 heterocycles. The Morgan fingerprint density at radius 3 is 2.23 bits per heavy atom. The van der Waals surface area contributed by atoms with Crippen molar-refractivity contribution >= 4 is 28.9 Å². The van der Waals surface area contributed by atoms with E-state index in [0.29, 0.717) is 36.1 Å². The molecule has 0 spiro atoms. The van der Waals surface area contributed by atoms with Gasteiger partial charge in [-0.25, -0.2) is 0 Å². The van der Waals surface area contributed by atoms with Crippen molar-refractivity contribution in [3.05, 3.63) is 90.0 Å². The van der Waals surface area contributed by atoms with Crippen molar-refractivity contribution in [2.24, 2.45) is 0 Å². The van der Waals surface area contributed by atoms with Crippen LogP contribution in [0, 0.1) is 0 Å². The second-order valence-electron chi connectivity index (χ2n) is 7.19. The van der Waals surface area contributed by atoms with Crippen molar-refractivity contribution in [1.82, 2.24) is 5.32 Å². The molecule has 0 saturated heterocycles. The molecule has 3 aromatic rings. The number of hydrogen-bond acceptors (Lipinski definition) is 4. The summed E-state index contributed by atoms with van der Waals surface area (Å²) in [5, 5.41) is 5.95. The summed E-state index contributed by atoms with van der Waals surface area (Å²) in [6.07, 6.45) is 0. The minimum atomic E-state index is -0.262. The van der Waals surface area contributed by atoms with Crippen LogP contribution in [0.1, 0.15) is 35.7 Å². The molecule has 0 aromatic heterocycles. The van der Waals surface area contributed by atoms with Crippen molar-refractivity contribution in [3.8, 4) is 11.5 Å². The van der Waals surface area contributed by atoms with Crippen LogP contribution < -0.4 is 20.1 Å². The van der Waals surface area contributed by atoms with Gasteiger partial charge in [-0.1, -0.05) is 56.3 Å². The van der Waals surface area contributed by atoms with E-state index in [2.05, 4.69) is 24.5 Å². The normalized spacial score (nSPS) is 10.4. The summed E-state index contributed by atoms with van der Waals surface area (Å²) in [5.74, 6) is 1.57. The molecular formula is C25H26N2O3S. The lowest BCUT2D eigenvalue weighted by Crippen LogP contribution is -2.34. The molecule has 2 N–H and O–H groups in total. The number of thiocarbonyl (C=S) groups is 1. The lowest BCUT2D eigenvalue weighted by molar-refractivity contribution is 0.0977. The highest BCUT2D eigenvalue weighted by Gasteiger charge is 2.11. The first-order valence-corrected chi connectivity index (χ1v) is 10.6. The summed E-state index contributed by atoms with van der Waals surface area (Å²) in [6.45, 7) is 5.00. The van der Waals surface area contributed by atoms with E-state index in [-0.39, 0.29) is 11.0 Å². The van der Waals surface area contributed by atoms with Gasteiger partial charge in [-0.15, -0.1) is 0 Å². The Morgan fingerprint density at radius 2 is 1.52 bits per heavy atom. The van der Waals surface area contributed by atoms with Crippen molar-refractivity contribution in [2.75, 3.05) is 18.5 Å². The first-order chi connectivity index (χ1) is 15.0. The van der Waals surface area contributed by atoms with Crippen LogP contribution in [0.2, 0.25) is 0 Å². The molecule has 0 aliphatic heterocycles. The summed E-state index contributed by atoms with van der Waals surface area (Å²) in [6, 6.07) is 24.5. The number of ether oxygens (including phenoxy) is 2. The first-order valence-electron chi connectivity index (χ1n) is 10.1. The van der Waals surface area contributed by atoms with Gasteiger partial charge in [-0.05, 0) is 60.1 Å². The average molecular weight is 435 g/mol. The lowest BCUT2D eigenvalue weighted by Gasteiger charge is -2.15. The third kappa shape index (κ3) is 6.83. The van der Waals surface area contributed by atoms with Gasteiger partial charge < -0.3 is 14.8 Å². The molecule has 0 bridgehead atoms. The van der Waals surface area contributed by atoms with Gasteiger partial charge in [-0.3, -0.25) is 10.1 Å². The van der Waals surface area contributed by atoms with Gasteiger partial charge in [0.1, 0.15) is 24.7 Å². The largest absolute Gasteiger partial charge is 0.490 e. The third-order valence-electron chi connectivity index (χ3n) is 4.55. The van der Waals surface area contributed by atoms with Crippen molar-refractivity contribution < 1.29 is 14.3 Å². The Labute approximate surface area is 188 Å². The van der Waals surface area contributed by atoms with Crippen LogP contribution in [0.4, 0.5) is 5.69 Å². The van der Waals surface area contributed by atoms with E-state index in [1.54, 1.807) is 12.1 Å². The van der Waals surface area contributed by atoms with Crippen molar-refractivity contribution in [3.63, 3.8) is 0 Å². The molecule has 31 heavy (non-hydrogen) atoms. The number of para-hydroxylation sites is 3. The Morgan fingerprint density at radius 1 is 0.871 bits per heavy atom. The van der Waals surface area contributed by atoms with Gasteiger partial charge in [0.25, 0.3) is 5.91 Å². The topological polar surface area (TPSA) is 59.6 Å². The number of carbonyl (C=O) groups excluding carboxylic acids is 1. The highest BCUT2D eigenvalue weighted by molar-refractivity contribution is 7.80. The average Bonchev–Trinajstić information content (AvgIpc) is 2.78.